The average molecular weight is 292 g/mol. The van der Waals surface area contributed by atoms with Gasteiger partial charge in [0, 0.05) is 13.2 Å². The van der Waals surface area contributed by atoms with Gasteiger partial charge in [-0.25, -0.2) is 0 Å². The maximum atomic E-state index is 6.05. The second-order valence-corrected chi connectivity index (χ2v) is 7.48. The van der Waals surface area contributed by atoms with Gasteiger partial charge in [0.25, 0.3) is 0 Å². The van der Waals surface area contributed by atoms with Crippen LogP contribution in [0.4, 0.5) is 0 Å². The molecule has 2 aliphatic rings. The molecule has 2 saturated heterocycles. The molecule has 0 saturated carbocycles. The number of hydrogen-bond acceptors (Lipinski definition) is 3. The van der Waals surface area contributed by atoms with Gasteiger partial charge in [-0.05, 0) is 65.1 Å². The molecule has 1 spiro atoms. The Hall–Kier alpha value is -0.560. The first-order valence-corrected chi connectivity index (χ1v) is 8.44. The van der Waals surface area contributed by atoms with Crippen molar-refractivity contribution in [1.29, 1.82) is 0 Å². The van der Waals surface area contributed by atoms with E-state index in [9.17, 15) is 0 Å². The zero-order valence-corrected chi connectivity index (χ0v) is 14.4. The molecule has 2 aliphatic heterocycles. The Morgan fingerprint density at radius 3 is 2.76 bits per heavy atom. The molecule has 120 valence electrons. The van der Waals surface area contributed by atoms with Gasteiger partial charge in [-0.2, -0.15) is 0 Å². The maximum Gasteiger partial charge on any atom is 0.0657 e. The predicted molar refractivity (Wildman–Crippen MR) is 88.3 cm³/mol. The molecule has 0 radical (unpaired) electrons. The smallest absolute Gasteiger partial charge is 0.0657 e. The van der Waals surface area contributed by atoms with Crippen LogP contribution in [0.5, 0.6) is 0 Å². The van der Waals surface area contributed by atoms with Gasteiger partial charge in [0.2, 0.25) is 0 Å². The number of rotatable bonds is 3. The van der Waals surface area contributed by atoms with E-state index in [-0.39, 0.29) is 5.60 Å². The molecule has 0 aliphatic carbocycles. The highest BCUT2D eigenvalue weighted by atomic mass is 16.5. The molecule has 3 heteroatoms. The highest BCUT2D eigenvalue weighted by Crippen LogP contribution is 2.45. The minimum Gasteiger partial charge on any atom is -0.375 e. The summed E-state index contributed by atoms with van der Waals surface area (Å²) in [6.45, 7) is 9.70. The molecule has 2 atom stereocenters. The van der Waals surface area contributed by atoms with E-state index in [0.717, 1.165) is 26.1 Å². The lowest BCUT2D eigenvalue weighted by molar-refractivity contribution is -0.132. The molecular weight excluding hydrogens is 260 g/mol. The Labute approximate surface area is 131 Å². The van der Waals surface area contributed by atoms with Crippen molar-refractivity contribution in [3.8, 4) is 11.8 Å². The van der Waals surface area contributed by atoms with E-state index in [1.807, 2.05) is 0 Å². The summed E-state index contributed by atoms with van der Waals surface area (Å²) in [6, 6.07) is 0. The molecule has 0 aromatic rings. The van der Waals surface area contributed by atoms with Crippen molar-refractivity contribution in [2.45, 2.75) is 51.6 Å². The molecule has 21 heavy (non-hydrogen) atoms. The fourth-order valence-corrected chi connectivity index (χ4v) is 3.85. The van der Waals surface area contributed by atoms with Gasteiger partial charge in [-0.15, -0.1) is 0 Å². The lowest BCUT2D eigenvalue weighted by Gasteiger charge is -2.50. The van der Waals surface area contributed by atoms with E-state index in [1.54, 1.807) is 0 Å². The van der Waals surface area contributed by atoms with Crippen molar-refractivity contribution in [3.05, 3.63) is 0 Å². The van der Waals surface area contributed by atoms with E-state index in [2.05, 4.69) is 49.6 Å². The fourth-order valence-electron chi connectivity index (χ4n) is 3.85. The molecule has 0 amide bonds. The normalized spacial score (nSPS) is 34.0. The SMILES string of the molecule is CC[C@@]1(C)C[C@]2(CCCN(CC#CCN(C)C)C2)CCO1. The van der Waals surface area contributed by atoms with E-state index >= 15 is 0 Å². The third-order valence-corrected chi connectivity index (χ3v) is 5.14. The first-order valence-electron chi connectivity index (χ1n) is 8.44. The number of piperidine rings is 1. The topological polar surface area (TPSA) is 15.7 Å². The predicted octanol–water partition coefficient (Wildman–Crippen LogP) is 2.61. The van der Waals surface area contributed by atoms with Gasteiger partial charge in [0.05, 0.1) is 18.7 Å². The minimum atomic E-state index is 0.0951. The van der Waals surface area contributed by atoms with Crippen LogP contribution in [-0.2, 0) is 4.74 Å². The van der Waals surface area contributed by atoms with E-state index < -0.39 is 0 Å². The van der Waals surface area contributed by atoms with Gasteiger partial charge < -0.3 is 4.74 Å². The molecule has 0 bridgehead atoms. The van der Waals surface area contributed by atoms with Crippen molar-refractivity contribution in [3.63, 3.8) is 0 Å². The van der Waals surface area contributed by atoms with E-state index in [1.165, 1.54) is 38.8 Å². The zero-order chi connectivity index (χ0) is 15.3. The summed E-state index contributed by atoms with van der Waals surface area (Å²) in [5.74, 6) is 6.61. The van der Waals surface area contributed by atoms with Crippen LogP contribution in [0, 0.1) is 17.3 Å². The van der Waals surface area contributed by atoms with Crippen LogP contribution >= 0.6 is 0 Å². The van der Waals surface area contributed by atoms with Gasteiger partial charge in [-0.3, -0.25) is 9.80 Å². The Balaban J connectivity index is 1.91. The number of hydrogen-bond donors (Lipinski definition) is 0. The standard InChI is InChI=1S/C18H32N2O/c1-5-17(2)15-18(10-14-21-17)9-8-13-20(16-18)12-7-6-11-19(3)4/h5,8-16H2,1-4H3/t17-,18-/m0/s1. The van der Waals surface area contributed by atoms with Crippen molar-refractivity contribution in [1.82, 2.24) is 9.80 Å². The minimum absolute atomic E-state index is 0.0951. The number of nitrogens with zero attached hydrogens (tertiary/aromatic N) is 2. The number of ether oxygens (including phenoxy) is 1. The molecule has 0 unspecified atom stereocenters. The summed E-state index contributed by atoms with van der Waals surface area (Å²) in [4.78, 5) is 4.68. The molecule has 2 fully saturated rings. The van der Waals surface area contributed by atoms with Gasteiger partial charge in [0.15, 0.2) is 0 Å². The highest BCUT2D eigenvalue weighted by Gasteiger charge is 2.44. The summed E-state index contributed by atoms with van der Waals surface area (Å²) in [5.41, 5.74) is 0.572. The Kier molecular flexibility index (Phi) is 5.71. The van der Waals surface area contributed by atoms with Crippen LogP contribution in [0.2, 0.25) is 0 Å². The van der Waals surface area contributed by atoms with Gasteiger partial charge >= 0.3 is 0 Å². The van der Waals surface area contributed by atoms with Gasteiger partial charge in [-0.1, -0.05) is 18.8 Å². The molecule has 0 aromatic heterocycles. The summed E-state index contributed by atoms with van der Waals surface area (Å²) in [6.07, 6.45) is 6.25. The molecule has 3 nitrogen and oxygen atoms in total. The van der Waals surface area contributed by atoms with Crippen molar-refractivity contribution >= 4 is 0 Å². The quantitative estimate of drug-likeness (QED) is 0.744. The molecule has 2 heterocycles. The monoisotopic (exact) mass is 292 g/mol. The van der Waals surface area contributed by atoms with E-state index in [4.69, 9.17) is 4.74 Å². The molecule has 0 aromatic carbocycles. The summed E-state index contributed by atoms with van der Waals surface area (Å²) in [5, 5.41) is 0. The first kappa shape index (κ1) is 16.8. The van der Waals surface area contributed by atoms with Crippen LogP contribution in [0.25, 0.3) is 0 Å². The van der Waals surface area contributed by atoms with Gasteiger partial charge in [0.1, 0.15) is 0 Å². The lowest BCUT2D eigenvalue weighted by Crippen LogP contribution is -2.51. The maximum absolute atomic E-state index is 6.05. The third-order valence-electron chi connectivity index (χ3n) is 5.14. The second-order valence-electron chi connectivity index (χ2n) is 7.48. The van der Waals surface area contributed by atoms with Crippen LogP contribution in [0.15, 0.2) is 0 Å². The van der Waals surface area contributed by atoms with Crippen LogP contribution in [-0.4, -0.2) is 62.3 Å². The largest absolute Gasteiger partial charge is 0.375 e. The Bertz CT molecular complexity index is 394. The van der Waals surface area contributed by atoms with Crippen LogP contribution in [0.1, 0.15) is 46.0 Å². The average Bonchev–Trinajstić information content (AvgIpc) is 2.43. The first-order chi connectivity index (χ1) is 9.97. The summed E-state index contributed by atoms with van der Waals surface area (Å²) >= 11 is 0. The van der Waals surface area contributed by atoms with Crippen molar-refractivity contribution < 1.29 is 4.74 Å². The van der Waals surface area contributed by atoms with Crippen molar-refractivity contribution in [2.75, 3.05) is 46.9 Å². The van der Waals surface area contributed by atoms with E-state index in [0.29, 0.717) is 5.41 Å². The highest BCUT2D eigenvalue weighted by molar-refractivity contribution is 5.04. The summed E-state index contributed by atoms with van der Waals surface area (Å²) in [7, 11) is 4.14. The molecular formula is C18H32N2O. The molecule has 2 rings (SSSR count). The van der Waals surface area contributed by atoms with Crippen LogP contribution < -0.4 is 0 Å². The number of likely N-dealkylation sites (tertiary alicyclic amines) is 1. The Morgan fingerprint density at radius 1 is 1.24 bits per heavy atom. The fraction of sp³-hybridized carbons (Fsp3) is 0.889. The summed E-state index contributed by atoms with van der Waals surface area (Å²) < 4.78 is 6.05. The zero-order valence-electron chi connectivity index (χ0n) is 14.4. The van der Waals surface area contributed by atoms with Crippen LogP contribution in [0.3, 0.4) is 0 Å². The Morgan fingerprint density at radius 2 is 2.05 bits per heavy atom. The van der Waals surface area contributed by atoms with Crippen molar-refractivity contribution in [2.24, 2.45) is 5.41 Å². The molecule has 0 N–H and O–H groups in total. The second kappa shape index (κ2) is 7.13. The lowest BCUT2D eigenvalue weighted by atomic mass is 9.68. The third kappa shape index (κ3) is 4.71.